The number of hydrogen-bond donors (Lipinski definition) is 9. The molecule has 39 heavy (non-hydrogen) atoms. The summed E-state index contributed by atoms with van der Waals surface area (Å²) in [6.45, 7) is 0.134. The maximum Gasteiger partial charge on any atom is 0.328 e. The molecule has 0 aliphatic rings. The summed E-state index contributed by atoms with van der Waals surface area (Å²) in [5.74, 6) is -7.53. The summed E-state index contributed by atoms with van der Waals surface area (Å²) in [6, 6.07) is -4.63. The second-order valence-corrected chi connectivity index (χ2v) is 7.89. The molecular formula is C21H35N7O11. The Hall–Kier alpha value is -4.48. The normalized spacial score (nSPS) is 12.6. The zero-order valence-corrected chi connectivity index (χ0v) is 21.3. The molecule has 0 bridgehead atoms. The molecule has 0 aliphatic carbocycles. The molecule has 0 fully saturated rings. The molecule has 0 aromatic carbocycles. The van der Waals surface area contributed by atoms with Gasteiger partial charge in [0, 0.05) is 13.0 Å². The van der Waals surface area contributed by atoms with Crippen molar-refractivity contribution >= 4 is 47.5 Å². The topological polar surface area (TPSA) is 302 Å². The van der Waals surface area contributed by atoms with E-state index in [2.05, 4.69) is 20.9 Å². The predicted octanol–water partition coefficient (Wildman–Crippen LogP) is -4.49. The molecule has 11 N–H and O–H groups in total. The SMILES string of the molecule is CCOC(=O)CCC(=O)NC(CCCN=C(N)N)C(=O)NCC(=O)NC(CC(=O)O)C(=O)NC(CO)C(=O)O. The van der Waals surface area contributed by atoms with Crippen molar-refractivity contribution in [2.75, 3.05) is 26.3 Å². The molecular weight excluding hydrogens is 526 g/mol. The lowest BCUT2D eigenvalue weighted by Gasteiger charge is -2.20. The van der Waals surface area contributed by atoms with Crippen LogP contribution in [0.2, 0.25) is 0 Å². The molecule has 0 aliphatic heterocycles. The Morgan fingerprint density at radius 3 is 2.05 bits per heavy atom. The number of carbonyl (C=O) groups is 7. The Morgan fingerprint density at radius 1 is 0.872 bits per heavy atom. The number of ether oxygens (including phenoxy) is 1. The van der Waals surface area contributed by atoms with Gasteiger partial charge in [0.25, 0.3) is 0 Å². The Labute approximate surface area is 222 Å². The van der Waals surface area contributed by atoms with Crippen molar-refractivity contribution in [1.29, 1.82) is 0 Å². The maximum absolute atomic E-state index is 12.7. The number of hydrogen-bond acceptors (Lipinski definition) is 10. The number of esters is 1. The van der Waals surface area contributed by atoms with Crippen LogP contribution in [-0.2, 0) is 38.3 Å². The zero-order chi connectivity index (χ0) is 30.0. The number of nitrogens with zero attached hydrogens (tertiary/aromatic N) is 1. The molecule has 0 aromatic heterocycles. The third-order valence-corrected chi connectivity index (χ3v) is 4.71. The van der Waals surface area contributed by atoms with Crippen molar-refractivity contribution in [3.05, 3.63) is 0 Å². The average Bonchev–Trinajstić information content (AvgIpc) is 2.85. The molecule has 3 unspecified atom stereocenters. The van der Waals surface area contributed by atoms with Crippen LogP contribution < -0.4 is 32.7 Å². The molecule has 220 valence electrons. The number of aliphatic hydroxyl groups is 1. The van der Waals surface area contributed by atoms with Crippen molar-refractivity contribution in [3.63, 3.8) is 0 Å². The van der Waals surface area contributed by atoms with Crippen LogP contribution in [0, 0.1) is 0 Å². The third-order valence-electron chi connectivity index (χ3n) is 4.71. The number of aliphatic hydroxyl groups excluding tert-OH is 1. The van der Waals surface area contributed by atoms with Crippen LogP contribution >= 0.6 is 0 Å². The number of nitrogens with two attached hydrogens (primary N) is 2. The number of carboxylic acid groups (broad SMARTS) is 2. The van der Waals surface area contributed by atoms with Gasteiger partial charge in [-0.3, -0.25) is 33.8 Å². The first-order chi connectivity index (χ1) is 18.3. The molecule has 0 radical (unpaired) electrons. The molecule has 18 heteroatoms. The number of nitrogens with one attached hydrogen (secondary N) is 4. The van der Waals surface area contributed by atoms with E-state index in [0.29, 0.717) is 0 Å². The Kier molecular flexibility index (Phi) is 16.6. The van der Waals surface area contributed by atoms with Gasteiger partial charge in [-0.25, -0.2) is 4.79 Å². The van der Waals surface area contributed by atoms with Crippen LogP contribution in [0.1, 0.15) is 39.0 Å². The summed E-state index contributed by atoms with van der Waals surface area (Å²) in [5.41, 5.74) is 10.5. The molecule has 4 amide bonds. The van der Waals surface area contributed by atoms with E-state index in [1.54, 1.807) is 6.92 Å². The lowest BCUT2D eigenvalue weighted by Crippen LogP contribution is -2.55. The number of guanidine groups is 1. The standard InChI is InChI=1S/C21H35N7O11/c1-2-39-17(34)6-5-14(30)26-11(4-3-7-24-21(22)23)18(35)25-9-15(31)27-12(8-16(32)33)19(36)28-13(10-29)20(37)38/h11-13,29H,2-10H2,1H3,(H,25,35)(H,26,30)(H,27,31)(H,28,36)(H,32,33)(H,37,38)(H4,22,23,24). The van der Waals surface area contributed by atoms with E-state index < -0.39 is 79.2 Å². The van der Waals surface area contributed by atoms with Gasteiger partial charge in [-0.1, -0.05) is 0 Å². The minimum Gasteiger partial charge on any atom is -0.481 e. The maximum atomic E-state index is 12.7. The summed E-state index contributed by atoms with van der Waals surface area (Å²) in [6.07, 6.45) is -1.13. The van der Waals surface area contributed by atoms with Crippen LogP contribution in [0.5, 0.6) is 0 Å². The highest BCUT2D eigenvalue weighted by atomic mass is 16.5. The van der Waals surface area contributed by atoms with Gasteiger partial charge in [0.1, 0.15) is 18.1 Å². The van der Waals surface area contributed by atoms with Crippen molar-refractivity contribution in [1.82, 2.24) is 21.3 Å². The Bertz CT molecular complexity index is 922. The second kappa shape index (κ2) is 18.7. The fourth-order valence-electron chi connectivity index (χ4n) is 2.87. The van der Waals surface area contributed by atoms with Gasteiger partial charge in [0.15, 0.2) is 5.96 Å². The highest BCUT2D eigenvalue weighted by Crippen LogP contribution is 2.02. The fourth-order valence-corrected chi connectivity index (χ4v) is 2.87. The highest BCUT2D eigenvalue weighted by Gasteiger charge is 2.28. The summed E-state index contributed by atoms with van der Waals surface area (Å²) < 4.78 is 4.74. The van der Waals surface area contributed by atoms with Gasteiger partial charge in [0.2, 0.25) is 23.6 Å². The number of rotatable bonds is 19. The first kappa shape index (κ1) is 34.5. The summed E-state index contributed by atoms with van der Waals surface area (Å²) in [7, 11) is 0. The highest BCUT2D eigenvalue weighted by molar-refractivity contribution is 5.95. The molecule has 0 spiro atoms. The summed E-state index contributed by atoms with van der Waals surface area (Å²) in [5, 5.41) is 35.5. The van der Waals surface area contributed by atoms with Gasteiger partial charge in [0.05, 0.1) is 32.6 Å². The van der Waals surface area contributed by atoms with E-state index in [0.717, 1.165) is 0 Å². The largest absolute Gasteiger partial charge is 0.481 e. The third kappa shape index (κ3) is 16.1. The molecule has 0 aromatic rings. The molecule has 3 atom stereocenters. The lowest BCUT2D eigenvalue weighted by atomic mass is 10.1. The smallest absolute Gasteiger partial charge is 0.328 e. The van der Waals surface area contributed by atoms with Crippen LogP contribution in [0.3, 0.4) is 0 Å². The average molecular weight is 562 g/mol. The predicted molar refractivity (Wildman–Crippen MR) is 132 cm³/mol. The van der Waals surface area contributed by atoms with E-state index in [1.807, 2.05) is 5.32 Å². The van der Waals surface area contributed by atoms with Crippen molar-refractivity contribution in [3.8, 4) is 0 Å². The molecule has 0 rings (SSSR count). The summed E-state index contributed by atoms with van der Waals surface area (Å²) in [4.78, 5) is 86.7. The molecule has 0 saturated heterocycles. The first-order valence-corrected chi connectivity index (χ1v) is 11.7. The van der Waals surface area contributed by atoms with Gasteiger partial charge in [-0.2, -0.15) is 0 Å². The van der Waals surface area contributed by atoms with Gasteiger partial charge in [-0.15, -0.1) is 0 Å². The minimum absolute atomic E-state index is 0.0388. The van der Waals surface area contributed by atoms with E-state index in [1.165, 1.54) is 0 Å². The number of aliphatic imine (C=N–C) groups is 1. The fraction of sp³-hybridized carbons (Fsp3) is 0.619. The molecule has 0 saturated carbocycles. The quantitative estimate of drug-likeness (QED) is 0.0311. The number of amides is 4. The van der Waals surface area contributed by atoms with Crippen LogP contribution in [0.4, 0.5) is 0 Å². The van der Waals surface area contributed by atoms with Crippen molar-refractivity contribution < 1.29 is 53.6 Å². The van der Waals surface area contributed by atoms with Gasteiger partial charge in [-0.05, 0) is 19.8 Å². The van der Waals surface area contributed by atoms with Crippen LogP contribution in [-0.4, -0.2) is 107 Å². The number of aliphatic carboxylic acids is 2. The lowest BCUT2D eigenvalue weighted by molar-refractivity contribution is -0.145. The van der Waals surface area contributed by atoms with Crippen molar-refractivity contribution in [2.24, 2.45) is 16.5 Å². The van der Waals surface area contributed by atoms with Gasteiger partial charge < -0.3 is 52.8 Å². The van der Waals surface area contributed by atoms with E-state index in [9.17, 15) is 33.6 Å². The first-order valence-electron chi connectivity index (χ1n) is 11.7. The number of carbonyl (C=O) groups excluding carboxylic acids is 5. The minimum atomic E-state index is -1.74. The van der Waals surface area contributed by atoms with E-state index in [-0.39, 0.29) is 44.8 Å². The zero-order valence-electron chi connectivity index (χ0n) is 21.3. The number of carboxylic acids is 2. The monoisotopic (exact) mass is 561 g/mol. The molecule has 18 nitrogen and oxygen atoms in total. The summed E-state index contributed by atoms with van der Waals surface area (Å²) >= 11 is 0. The van der Waals surface area contributed by atoms with Crippen LogP contribution in [0.25, 0.3) is 0 Å². The van der Waals surface area contributed by atoms with Crippen molar-refractivity contribution in [2.45, 2.75) is 57.2 Å². The Morgan fingerprint density at radius 2 is 1.51 bits per heavy atom. The van der Waals surface area contributed by atoms with E-state index in [4.69, 9.17) is 31.5 Å². The van der Waals surface area contributed by atoms with E-state index >= 15 is 0 Å². The second-order valence-electron chi connectivity index (χ2n) is 7.89. The van der Waals surface area contributed by atoms with Gasteiger partial charge >= 0.3 is 17.9 Å². The van der Waals surface area contributed by atoms with Crippen LogP contribution in [0.15, 0.2) is 4.99 Å². The molecule has 0 heterocycles. The Balaban J connectivity index is 5.20.